The van der Waals surface area contributed by atoms with Crippen molar-refractivity contribution < 1.29 is 19.1 Å². The minimum absolute atomic E-state index is 0.194. The number of nitrogens with zero attached hydrogens (tertiary/aromatic N) is 1. The molecule has 0 unspecified atom stereocenters. The Morgan fingerprint density at radius 2 is 1.97 bits per heavy atom. The molecule has 2 bridgehead atoms. The third-order valence-corrected chi connectivity index (χ3v) is 6.45. The number of carbonyl (C=O) groups excluding carboxylic acids is 3. The first kappa shape index (κ1) is 20.1. The van der Waals surface area contributed by atoms with Crippen molar-refractivity contribution in [2.75, 3.05) is 13.1 Å². The number of piperidine rings is 1. The summed E-state index contributed by atoms with van der Waals surface area (Å²) < 4.78 is 6.22. The number of nitrogens with two attached hydrogens (primary N) is 1. The van der Waals surface area contributed by atoms with Crippen LogP contribution >= 0.6 is 0 Å². The summed E-state index contributed by atoms with van der Waals surface area (Å²) in [6.45, 7) is 2.24. The molecular formula is C24H24N4O4. The van der Waals surface area contributed by atoms with E-state index in [1.807, 2.05) is 55.5 Å². The van der Waals surface area contributed by atoms with Gasteiger partial charge in [-0.05, 0) is 30.7 Å². The van der Waals surface area contributed by atoms with Gasteiger partial charge in [-0.2, -0.15) is 0 Å². The highest BCUT2D eigenvalue weighted by atomic mass is 16.5. The molecule has 2 aliphatic rings. The lowest BCUT2D eigenvalue weighted by Gasteiger charge is -2.52. The van der Waals surface area contributed by atoms with Crippen LogP contribution in [0.1, 0.15) is 35.3 Å². The number of ether oxygens (including phenoxy) is 1. The molecule has 3 amide bonds. The average molecular weight is 432 g/mol. The zero-order valence-corrected chi connectivity index (χ0v) is 17.6. The lowest BCUT2D eigenvalue weighted by Crippen LogP contribution is -2.65. The molecule has 0 spiro atoms. The predicted molar refractivity (Wildman–Crippen MR) is 118 cm³/mol. The highest BCUT2D eigenvalue weighted by Gasteiger charge is 2.55. The van der Waals surface area contributed by atoms with Crippen LogP contribution in [-0.2, 0) is 9.59 Å². The number of aromatic nitrogens is 1. The van der Waals surface area contributed by atoms with Crippen molar-refractivity contribution >= 4 is 28.6 Å². The molecule has 4 N–H and O–H groups in total. The van der Waals surface area contributed by atoms with Crippen LogP contribution in [0.15, 0.2) is 54.6 Å². The van der Waals surface area contributed by atoms with Gasteiger partial charge in [0.2, 0.25) is 11.8 Å². The molecule has 2 aliphatic heterocycles. The number of primary amides is 1. The Balaban J connectivity index is 1.34. The Labute approximate surface area is 184 Å². The van der Waals surface area contributed by atoms with E-state index in [2.05, 4.69) is 10.3 Å². The van der Waals surface area contributed by atoms with Crippen LogP contribution in [0.5, 0.6) is 5.75 Å². The minimum Gasteiger partial charge on any atom is -0.468 e. The Kier molecular flexibility index (Phi) is 4.65. The second-order valence-electron chi connectivity index (χ2n) is 8.52. The first-order valence-corrected chi connectivity index (χ1v) is 10.6. The SMILES string of the molecule is C[C@@]12C[C@@H](c3ccccc3O1)[C@H](C(N)=O)C(=O)N2CCNC(=O)c1cc2ccccc2[nH]1. The normalized spacial score (nSPS) is 24.0. The maximum Gasteiger partial charge on any atom is 0.267 e. The van der Waals surface area contributed by atoms with E-state index in [1.165, 1.54) is 4.90 Å². The third kappa shape index (κ3) is 3.19. The number of H-pyrrole nitrogens is 1. The Bertz CT molecular complexity index is 1200. The Morgan fingerprint density at radius 3 is 2.75 bits per heavy atom. The van der Waals surface area contributed by atoms with Crippen LogP contribution in [-0.4, -0.2) is 46.4 Å². The van der Waals surface area contributed by atoms with Crippen molar-refractivity contribution in [3.8, 4) is 5.75 Å². The van der Waals surface area contributed by atoms with Crippen molar-refractivity contribution in [2.45, 2.75) is 25.0 Å². The summed E-state index contributed by atoms with van der Waals surface area (Å²) >= 11 is 0. The molecule has 3 atom stereocenters. The third-order valence-electron chi connectivity index (χ3n) is 6.45. The van der Waals surface area contributed by atoms with Gasteiger partial charge in [-0.15, -0.1) is 0 Å². The van der Waals surface area contributed by atoms with Crippen LogP contribution < -0.4 is 15.8 Å². The van der Waals surface area contributed by atoms with Gasteiger partial charge in [-0.3, -0.25) is 14.4 Å². The smallest absolute Gasteiger partial charge is 0.267 e. The lowest BCUT2D eigenvalue weighted by atomic mass is 9.73. The van der Waals surface area contributed by atoms with Crippen LogP contribution in [0.3, 0.4) is 0 Å². The molecule has 0 radical (unpaired) electrons. The van der Waals surface area contributed by atoms with Gasteiger partial charge >= 0.3 is 0 Å². The Hall–Kier alpha value is -3.81. The molecule has 8 heteroatoms. The van der Waals surface area contributed by atoms with Crippen molar-refractivity contribution in [1.82, 2.24) is 15.2 Å². The second-order valence-corrected chi connectivity index (χ2v) is 8.52. The van der Waals surface area contributed by atoms with E-state index >= 15 is 0 Å². The molecule has 1 saturated heterocycles. The second kappa shape index (κ2) is 7.40. The van der Waals surface area contributed by atoms with Gasteiger partial charge in [0.05, 0.1) is 0 Å². The molecule has 3 aromatic rings. The summed E-state index contributed by atoms with van der Waals surface area (Å²) in [6.07, 6.45) is 0.458. The molecule has 2 aromatic carbocycles. The largest absolute Gasteiger partial charge is 0.468 e. The number of carbonyl (C=O) groups is 3. The summed E-state index contributed by atoms with van der Waals surface area (Å²) in [7, 11) is 0. The molecule has 3 heterocycles. The summed E-state index contributed by atoms with van der Waals surface area (Å²) in [4.78, 5) is 42.8. The summed E-state index contributed by atoms with van der Waals surface area (Å²) in [5, 5.41) is 3.79. The van der Waals surface area contributed by atoms with Crippen LogP contribution in [0.25, 0.3) is 10.9 Å². The molecule has 0 aliphatic carbocycles. The summed E-state index contributed by atoms with van der Waals surface area (Å²) in [5.74, 6) is -1.92. The standard InChI is InChI=1S/C24H24N4O4/c1-24-13-16(15-7-3-5-9-19(15)32-24)20(21(25)29)23(31)28(24)11-10-26-22(30)18-12-14-6-2-4-8-17(14)27-18/h2-9,12,16,20,27H,10-11,13H2,1H3,(H2,25,29)(H,26,30)/t16-,20+,24-/m0/s1. The van der Waals surface area contributed by atoms with Gasteiger partial charge in [0.1, 0.15) is 17.4 Å². The highest BCUT2D eigenvalue weighted by molar-refractivity contribution is 6.02. The number of hydrogen-bond donors (Lipinski definition) is 3. The van der Waals surface area contributed by atoms with Crippen LogP contribution in [0.2, 0.25) is 0 Å². The number of amides is 3. The van der Waals surface area contributed by atoms with Gasteiger partial charge in [-0.1, -0.05) is 36.4 Å². The van der Waals surface area contributed by atoms with Crippen molar-refractivity contribution in [3.63, 3.8) is 0 Å². The van der Waals surface area contributed by atoms with E-state index in [1.54, 1.807) is 6.07 Å². The maximum atomic E-state index is 13.3. The van der Waals surface area contributed by atoms with E-state index in [9.17, 15) is 14.4 Å². The number of benzene rings is 2. The molecule has 8 nitrogen and oxygen atoms in total. The number of fused-ring (bicyclic) bond motifs is 5. The van der Waals surface area contributed by atoms with Gasteiger partial charge in [0.25, 0.3) is 5.91 Å². The fraction of sp³-hybridized carbons (Fsp3) is 0.292. The predicted octanol–water partition coefficient (Wildman–Crippen LogP) is 2.12. The highest BCUT2D eigenvalue weighted by Crippen LogP contribution is 2.49. The molecule has 1 fully saturated rings. The molecule has 164 valence electrons. The quantitative estimate of drug-likeness (QED) is 0.535. The lowest BCUT2D eigenvalue weighted by molar-refractivity contribution is -0.175. The van der Waals surface area contributed by atoms with E-state index in [-0.39, 0.29) is 30.8 Å². The topological polar surface area (TPSA) is 118 Å². The Morgan fingerprint density at radius 1 is 1.22 bits per heavy atom. The first-order chi connectivity index (χ1) is 15.4. The van der Waals surface area contributed by atoms with Crippen LogP contribution in [0, 0.1) is 5.92 Å². The maximum absolute atomic E-state index is 13.3. The molecule has 32 heavy (non-hydrogen) atoms. The minimum atomic E-state index is -0.961. The zero-order valence-electron chi connectivity index (χ0n) is 17.6. The van der Waals surface area contributed by atoms with Crippen molar-refractivity contribution in [2.24, 2.45) is 11.7 Å². The fourth-order valence-electron chi connectivity index (χ4n) is 4.95. The van der Waals surface area contributed by atoms with E-state index in [4.69, 9.17) is 10.5 Å². The molecular weight excluding hydrogens is 408 g/mol. The number of para-hydroxylation sites is 2. The van der Waals surface area contributed by atoms with E-state index < -0.39 is 17.6 Å². The van der Waals surface area contributed by atoms with E-state index in [0.717, 1.165) is 16.5 Å². The average Bonchev–Trinajstić information content (AvgIpc) is 3.20. The van der Waals surface area contributed by atoms with Gasteiger partial charge in [0.15, 0.2) is 5.72 Å². The number of hydrogen-bond acceptors (Lipinski definition) is 4. The monoisotopic (exact) mass is 432 g/mol. The molecule has 5 rings (SSSR count). The number of rotatable bonds is 5. The molecule has 0 saturated carbocycles. The van der Waals surface area contributed by atoms with Gasteiger partial charge < -0.3 is 25.7 Å². The van der Waals surface area contributed by atoms with Crippen LogP contribution in [0.4, 0.5) is 0 Å². The zero-order chi connectivity index (χ0) is 22.5. The number of aromatic amines is 1. The first-order valence-electron chi connectivity index (χ1n) is 10.6. The number of likely N-dealkylation sites (tertiary alicyclic amines) is 1. The van der Waals surface area contributed by atoms with Crippen molar-refractivity contribution in [3.05, 3.63) is 65.9 Å². The van der Waals surface area contributed by atoms with Gasteiger partial charge in [0, 0.05) is 36.3 Å². The summed E-state index contributed by atoms with van der Waals surface area (Å²) in [5.41, 5.74) is 6.87. The fourth-order valence-corrected chi connectivity index (χ4v) is 4.95. The van der Waals surface area contributed by atoms with Gasteiger partial charge in [-0.25, -0.2) is 0 Å². The number of nitrogens with one attached hydrogen (secondary N) is 2. The van der Waals surface area contributed by atoms with Crippen molar-refractivity contribution in [1.29, 1.82) is 0 Å². The molecule has 1 aromatic heterocycles. The summed E-state index contributed by atoms with van der Waals surface area (Å²) in [6, 6.07) is 16.8. The van der Waals surface area contributed by atoms with E-state index in [0.29, 0.717) is 17.9 Å².